The lowest BCUT2D eigenvalue weighted by atomic mass is 9.82. The van der Waals surface area contributed by atoms with Crippen molar-refractivity contribution >= 4 is 16.1 Å². The van der Waals surface area contributed by atoms with E-state index in [1.807, 2.05) is 13.2 Å². The van der Waals surface area contributed by atoms with E-state index in [0.29, 0.717) is 39.0 Å². The van der Waals surface area contributed by atoms with Crippen LogP contribution in [0.2, 0.25) is 0 Å². The number of morpholine rings is 1. The van der Waals surface area contributed by atoms with E-state index in [9.17, 15) is 13.2 Å². The fourth-order valence-corrected chi connectivity index (χ4v) is 5.00. The highest BCUT2D eigenvalue weighted by Gasteiger charge is 2.44. The van der Waals surface area contributed by atoms with Crippen LogP contribution in [0.4, 0.5) is 0 Å². The van der Waals surface area contributed by atoms with Crippen LogP contribution >= 0.6 is 0 Å². The Hall–Kier alpha value is -1.49. The fourth-order valence-electron chi connectivity index (χ4n) is 3.71. The van der Waals surface area contributed by atoms with Crippen molar-refractivity contribution in [1.29, 1.82) is 0 Å². The molecule has 1 N–H and O–H groups in total. The zero-order valence-electron chi connectivity index (χ0n) is 15.5. The van der Waals surface area contributed by atoms with Crippen LogP contribution in [-0.2, 0) is 33.3 Å². The number of aryl methyl sites for hydroxylation is 1. The Kier molecular flexibility index (Phi) is 5.66. The first kappa shape index (κ1) is 19.3. The number of fused-ring (bicyclic) bond motifs is 1. The number of aromatic nitrogens is 2. The molecule has 1 aliphatic heterocycles. The summed E-state index contributed by atoms with van der Waals surface area (Å²) in [7, 11) is 1.36. The van der Waals surface area contributed by atoms with Gasteiger partial charge in [0, 0.05) is 51.9 Å². The van der Waals surface area contributed by atoms with Crippen molar-refractivity contribution in [3.05, 3.63) is 18.0 Å². The van der Waals surface area contributed by atoms with Crippen molar-refractivity contribution in [2.45, 2.75) is 38.0 Å². The van der Waals surface area contributed by atoms with Crippen LogP contribution < -0.4 is 5.32 Å². The van der Waals surface area contributed by atoms with Crippen LogP contribution in [-0.4, -0.2) is 72.1 Å². The van der Waals surface area contributed by atoms with Crippen molar-refractivity contribution < 1.29 is 17.9 Å². The Bertz CT molecular complexity index is 748. The number of hydrogen-bond donors (Lipinski definition) is 1. The standard InChI is InChI=1S/C16H27N5O4S/c1-19(2)26(23,24)21-6-7-25-15-5-4-13(8-14(15)21)16(22)17-9-12-10-18-20(3)11-12/h10-11,13-15H,4-9H2,1-3H3,(H,17,22)/t13-,14+,15+/m0/s1. The Morgan fingerprint density at radius 3 is 2.85 bits per heavy atom. The van der Waals surface area contributed by atoms with E-state index in [0.717, 1.165) is 5.56 Å². The van der Waals surface area contributed by atoms with E-state index >= 15 is 0 Å². The minimum atomic E-state index is -3.53. The molecule has 0 spiro atoms. The van der Waals surface area contributed by atoms with Gasteiger partial charge in [-0.2, -0.15) is 22.1 Å². The van der Waals surface area contributed by atoms with Gasteiger partial charge in [0.2, 0.25) is 5.91 Å². The van der Waals surface area contributed by atoms with Crippen LogP contribution in [0, 0.1) is 5.92 Å². The molecule has 1 saturated carbocycles. The molecule has 1 aliphatic carbocycles. The van der Waals surface area contributed by atoms with Crippen molar-refractivity contribution in [3.63, 3.8) is 0 Å². The number of amides is 1. The van der Waals surface area contributed by atoms with Gasteiger partial charge in [-0.25, -0.2) is 0 Å². The number of carbonyl (C=O) groups excluding carboxylic acids is 1. The van der Waals surface area contributed by atoms with Gasteiger partial charge in [-0.3, -0.25) is 9.48 Å². The van der Waals surface area contributed by atoms with Crippen LogP contribution in [0.1, 0.15) is 24.8 Å². The van der Waals surface area contributed by atoms with Crippen LogP contribution in [0.15, 0.2) is 12.4 Å². The lowest BCUT2D eigenvalue weighted by Gasteiger charge is -2.45. The second kappa shape index (κ2) is 7.63. The summed E-state index contributed by atoms with van der Waals surface area (Å²) in [5.41, 5.74) is 0.937. The monoisotopic (exact) mass is 385 g/mol. The van der Waals surface area contributed by atoms with Crippen molar-refractivity contribution in [1.82, 2.24) is 23.7 Å². The predicted molar refractivity (Wildman–Crippen MR) is 95.2 cm³/mol. The second-order valence-electron chi connectivity index (χ2n) is 7.13. The van der Waals surface area contributed by atoms with E-state index in [4.69, 9.17) is 4.74 Å². The average molecular weight is 385 g/mol. The molecule has 1 aromatic heterocycles. The number of rotatable bonds is 5. The number of ether oxygens (including phenoxy) is 1. The van der Waals surface area contributed by atoms with Crippen molar-refractivity contribution in [2.75, 3.05) is 27.2 Å². The molecule has 1 amide bonds. The van der Waals surface area contributed by atoms with E-state index < -0.39 is 10.2 Å². The van der Waals surface area contributed by atoms with Crippen LogP contribution in [0.25, 0.3) is 0 Å². The van der Waals surface area contributed by atoms with Gasteiger partial charge in [0.15, 0.2) is 0 Å². The highest BCUT2D eigenvalue weighted by molar-refractivity contribution is 7.86. The SMILES string of the molecule is CN(C)S(=O)(=O)N1CCO[C@@H]2CC[C@H](C(=O)NCc3cnn(C)c3)C[C@H]21. The summed E-state index contributed by atoms with van der Waals surface area (Å²) >= 11 is 0. The molecule has 2 heterocycles. The topological polar surface area (TPSA) is 96.8 Å². The minimum absolute atomic E-state index is 0.0416. The summed E-state index contributed by atoms with van der Waals surface area (Å²) in [6, 6.07) is -0.293. The zero-order valence-corrected chi connectivity index (χ0v) is 16.3. The van der Waals surface area contributed by atoms with Gasteiger partial charge in [0.1, 0.15) is 0 Å². The molecule has 3 atom stereocenters. The molecular formula is C16H27N5O4S. The average Bonchev–Trinajstić information content (AvgIpc) is 3.03. The van der Waals surface area contributed by atoms with Crippen molar-refractivity contribution in [3.8, 4) is 0 Å². The Labute approximate surface area is 154 Å². The minimum Gasteiger partial charge on any atom is -0.375 e. The van der Waals surface area contributed by atoms with Gasteiger partial charge in [-0.15, -0.1) is 0 Å². The summed E-state index contributed by atoms with van der Waals surface area (Å²) < 4.78 is 35.4. The van der Waals surface area contributed by atoms with Gasteiger partial charge in [0.25, 0.3) is 10.2 Å². The molecule has 146 valence electrons. The molecular weight excluding hydrogens is 358 g/mol. The molecule has 2 aliphatic rings. The third kappa shape index (κ3) is 3.93. The molecule has 0 unspecified atom stereocenters. The molecule has 0 radical (unpaired) electrons. The molecule has 26 heavy (non-hydrogen) atoms. The molecule has 1 saturated heterocycles. The first-order chi connectivity index (χ1) is 12.3. The third-order valence-electron chi connectivity index (χ3n) is 5.12. The van der Waals surface area contributed by atoms with Gasteiger partial charge in [0.05, 0.1) is 24.9 Å². The van der Waals surface area contributed by atoms with E-state index in [1.165, 1.54) is 22.7 Å². The maximum Gasteiger partial charge on any atom is 0.281 e. The summed E-state index contributed by atoms with van der Waals surface area (Å²) in [5.74, 6) is -0.255. The first-order valence-electron chi connectivity index (χ1n) is 8.85. The number of nitrogens with one attached hydrogen (secondary N) is 1. The van der Waals surface area contributed by atoms with Gasteiger partial charge in [-0.1, -0.05) is 0 Å². The highest BCUT2D eigenvalue weighted by atomic mass is 32.2. The smallest absolute Gasteiger partial charge is 0.281 e. The quantitative estimate of drug-likeness (QED) is 0.751. The Balaban J connectivity index is 1.65. The predicted octanol–water partition coefficient (Wildman–Crippen LogP) is -0.288. The number of hydrogen-bond acceptors (Lipinski definition) is 5. The summed E-state index contributed by atoms with van der Waals surface area (Å²) in [4.78, 5) is 12.6. The summed E-state index contributed by atoms with van der Waals surface area (Å²) in [6.45, 7) is 1.14. The molecule has 9 nitrogen and oxygen atoms in total. The molecule has 0 bridgehead atoms. The van der Waals surface area contributed by atoms with Crippen molar-refractivity contribution in [2.24, 2.45) is 13.0 Å². The maximum atomic E-state index is 12.6. The van der Waals surface area contributed by atoms with E-state index in [1.54, 1.807) is 10.9 Å². The second-order valence-corrected chi connectivity index (χ2v) is 9.22. The first-order valence-corrected chi connectivity index (χ1v) is 10.2. The fraction of sp³-hybridized carbons (Fsp3) is 0.750. The van der Waals surface area contributed by atoms with E-state index in [-0.39, 0.29) is 24.0 Å². The Morgan fingerprint density at radius 2 is 2.19 bits per heavy atom. The lowest BCUT2D eigenvalue weighted by Crippen LogP contribution is -2.59. The number of nitrogens with zero attached hydrogens (tertiary/aromatic N) is 4. The molecule has 2 fully saturated rings. The number of carbonyl (C=O) groups is 1. The van der Waals surface area contributed by atoms with E-state index in [2.05, 4.69) is 10.4 Å². The summed E-state index contributed by atoms with van der Waals surface area (Å²) in [6.07, 6.45) is 5.32. The van der Waals surface area contributed by atoms with Crippen LogP contribution in [0.5, 0.6) is 0 Å². The molecule has 1 aromatic rings. The van der Waals surface area contributed by atoms with Gasteiger partial charge >= 0.3 is 0 Å². The highest BCUT2D eigenvalue weighted by Crippen LogP contribution is 2.34. The molecule has 10 heteroatoms. The maximum absolute atomic E-state index is 12.6. The van der Waals surface area contributed by atoms with Gasteiger partial charge < -0.3 is 10.1 Å². The summed E-state index contributed by atoms with van der Waals surface area (Å²) in [5, 5.41) is 7.03. The zero-order chi connectivity index (χ0) is 18.9. The molecule has 3 rings (SSSR count). The largest absolute Gasteiger partial charge is 0.375 e. The Morgan fingerprint density at radius 1 is 1.42 bits per heavy atom. The normalized spacial score (nSPS) is 27.3. The lowest BCUT2D eigenvalue weighted by molar-refractivity contribution is -0.130. The molecule has 0 aromatic carbocycles. The third-order valence-corrected chi connectivity index (χ3v) is 7.09. The van der Waals surface area contributed by atoms with Gasteiger partial charge in [-0.05, 0) is 19.3 Å². The van der Waals surface area contributed by atoms with Crippen LogP contribution in [0.3, 0.4) is 0 Å².